The summed E-state index contributed by atoms with van der Waals surface area (Å²) in [4.78, 5) is 15.8. The Hall–Kier alpha value is -3.00. The van der Waals surface area contributed by atoms with Crippen LogP contribution < -0.4 is 10.0 Å². The second-order valence-corrected chi connectivity index (χ2v) is 12.4. The van der Waals surface area contributed by atoms with Crippen molar-refractivity contribution in [3.05, 3.63) is 94.5 Å². The Morgan fingerprint density at radius 2 is 1.66 bits per heavy atom. The Morgan fingerprint density at radius 1 is 0.947 bits per heavy atom. The molecule has 1 aliphatic heterocycles. The normalized spacial score (nSPS) is 20.1. The number of benzene rings is 3. The van der Waals surface area contributed by atoms with Crippen molar-refractivity contribution < 1.29 is 13.2 Å². The van der Waals surface area contributed by atoms with Crippen molar-refractivity contribution in [1.82, 2.24) is 9.62 Å². The summed E-state index contributed by atoms with van der Waals surface area (Å²) < 4.78 is 30.4. The van der Waals surface area contributed by atoms with Gasteiger partial charge in [-0.3, -0.25) is 9.69 Å². The molecule has 0 aromatic heterocycles. The molecular weight excluding hydrogens is 494 g/mol. The Bertz CT molecular complexity index is 1410. The highest BCUT2D eigenvalue weighted by Gasteiger charge is 2.32. The number of sulfonamides is 1. The molecule has 6 nitrogen and oxygen atoms in total. The summed E-state index contributed by atoms with van der Waals surface area (Å²) in [5.41, 5.74) is 5.33. The average molecular weight is 532 g/mol. The Kier molecular flexibility index (Phi) is 7.98. The van der Waals surface area contributed by atoms with E-state index in [4.69, 9.17) is 0 Å². The minimum atomic E-state index is -3.70. The zero-order chi connectivity index (χ0) is 26.7. The number of hydrogen-bond acceptors (Lipinski definition) is 4. The SMILES string of the molecule is Cc1ccccc1C(=O)Nc1ccc(S(=O)(=O)NC2CCN(Cc3ccccc3)CC2C)c2c1CCCC2. The number of carbonyl (C=O) groups is 1. The van der Waals surface area contributed by atoms with Gasteiger partial charge in [0.05, 0.1) is 4.90 Å². The summed E-state index contributed by atoms with van der Waals surface area (Å²) in [6, 6.07) is 21.2. The third-order valence-corrected chi connectivity index (χ3v) is 9.54. The second-order valence-electron chi connectivity index (χ2n) is 10.8. The summed E-state index contributed by atoms with van der Waals surface area (Å²) in [6.45, 7) is 6.63. The van der Waals surface area contributed by atoms with E-state index >= 15 is 0 Å². The Labute approximate surface area is 226 Å². The summed E-state index contributed by atoms with van der Waals surface area (Å²) >= 11 is 0. The summed E-state index contributed by atoms with van der Waals surface area (Å²) in [7, 11) is -3.70. The third-order valence-electron chi connectivity index (χ3n) is 7.96. The fourth-order valence-corrected chi connectivity index (χ4v) is 7.55. The monoisotopic (exact) mass is 531 g/mol. The molecule has 1 fully saturated rings. The van der Waals surface area contributed by atoms with Gasteiger partial charge in [0.15, 0.2) is 0 Å². The van der Waals surface area contributed by atoms with E-state index in [0.29, 0.717) is 16.9 Å². The fraction of sp³-hybridized carbons (Fsp3) is 0.387. The zero-order valence-corrected chi connectivity index (χ0v) is 23.1. The number of likely N-dealkylation sites (tertiary alicyclic amines) is 1. The average Bonchev–Trinajstić information content (AvgIpc) is 2.91. The lowest BCUT2D eigenvalue weighted by atomic mass is 9.90. The predicted octanol–water partition coefficient (Wildman–Crippen LogP) is 5.32. The van der Waals surface area contributed by atoms with E-state index in [0.717, 1.165) is 67.7 Å². The maximum Gasteiger partial charge on any atom is 0.255 e. The summed E-state index contributed by atoms with van der Waals surface area (Å²) in [5, 5.41) is 3.06. The number of aryl methyl sites for hydroxylation is 1. The van der Waals surface area contributed by atoms with Gasteiger partial charge in [0.25, 0.3) is 5.91 Å². The maximum atomic E-state index is 13.7. The Balaban J connectivity index is 1.32. The largest absolute Gasteiger partial charge is 0.322 e. The van der Waals surface area contributed by atoms with E-state index in [1.165, 1.54) is 5.56 Å². The molecule has 1 amide bonds. The van der Waals surface area contributed by atoms with Crippen molar-refractivity contribution in [1.29, 1.82) is 0 Å². The van der Waals surface area contributed by atoms with Crippen LogP contribution in [0.1, 0.15) is 58.8 Å². The number of carbonyl (C=O) groups excluding carboxylic acids is 1. The first-order valence-corrected chi connectivity index (χ1v) is 15.1. The molecule has 200 valence electrons. The summed E-state index contributed by atoms with van der Waals surface area (Å²) in [5.74, 6) is 0.0337. The Morgan fingerprint density at radius 3 is 2.39 bits per heavy atom. The number of amides is 1. The predicted molar refractivity (Wildman–Crippen MR) is 152 cm³/mol. The molecule has 7 heteroatoms. The first kappa shape index (κ1) is 26.6. The van der Waals surface area contributed by atoms with Gasteiger partial charge in [-0.1, -0.05) is 55.5 Å². The van der Waals surface area contributed by atoms with Gasteiger partial charge in [-0.2, -0.15) is 0 Å². The maximum absolute atomic E-state index is 13.7. The first-order valence-electron chi connectivity index (χ1n) is 13.6. The molecule has 38 heavy (non-hydrogen) atoms. The first-order chi connectivity index (χ1) is 18.3. The molecule has 0 saturated carbocycles. The minimum Gasteiger partial charge on any atom is -0.322 e. The van der Waals surface area contributed by atoms with Crippen molar-refractivity contribution in [2.24, 2.45) is 5.92 Å². The molecule has 0 spiro atoms. The molecule has 2 unspecified atom stereocenters. The molecule has 1 aliphatic carbocycles. The van der Waals surface area contributed by atoms with Gasteiger partial charge in [-0.25, -0.2) is 13.1 Å². The molecule has 2 N–H and O–H groups in total. The molecule has 5 rings (SSSR count). The van der Waals surface area contributed by atoms with E-state index in [1.54, 1.807) is 12.1 Å². The van der Waals surface area contributed by atoms with Crippen LogP contribution in [0.2, 0.25) is 0 Å². The quantitative estimate of drug-likeness (QED) is 0.433. The lowest BCUT2D eigenvalue weighted by molar-refractivity contribution is 0.102. The topological polar surface area (TPSA) is 78.5 Å². The van der Waals surface area contributed by atoms with Gasteiger partial charge in [0, 0.05) is 36.9 Å². The van der Waals surface area contributed by atoms with E-state index in [2.05, 4.69) is 46.1 Å². The molecular formula is C31H37N3O3S. The molecule has 0 radical (unpaired) electrons. The van der Waals surface area contributed by atoms with E-state index < -0.39 is 10.0 Å². The number of fused-ring (bicyclic) bond motifs is 1. The lowest BCUT2D eigenvalue weighted by Gasteiger charge is -2.37. The van der Waals surface area contributed by atoms with E-state index in [1.807, 2.05) is 37.3 Å². The highest BCUT2D eigenvalue weighted by molar-refractivity contribution is 7.89. The standard InChI is InChI=1S/C31H37N3O3S/c1-22-10-6-7-13-25(22)31(35)32-29-16-17-30(27-15-9-8-14-26(27)29)38(36,37)33-28-18-19-34(20-23(28)2)21-24-11-4-3-5-12-24/h3-7,10-13,16-17,23,28,33H,8-9,14-15,18-21H2,1-2H3,(H,32,35). The van der Waals surface area contributed by atoms with Gasteiger partial charge in [-0.15, -0.1) is 0 Å². The minimum absolute atomic E-state index is 0.105. The zero-order valence-electron chi connectivity index (χ0n) is 22.2. The van der Waals surface area contributed by atoms with Gasteiger partial charge < -0.3 is 5.32 Å². The molecule has 2 atom stereocenters. The van der Waals surface area contributed by atoms with Crippen LogP contribution in [-0.4, -0.2) is 38.4 Å². The number of anilines is 1. The summed E-state index contributed by atoms with van der Waals surface area (Å²) in [6.07, 6.45) is 4.16. The second kappa shape index (κ2) is 11.4. The highest BCUT2D eigenvalue weighted by Crippen LogP contribution is 2.34. The van der Waals surface area contributed by atoms with Crippen LogP contribution in [-0.2, 0) is 29.4 Å². The number of rotatable bonds is 7. The van der Waals surface area contributed by atoms with Gasteiger partial charge in [-0.05, 0) is 85.4 Å². The van der Waals surface area contributed by atoms with Crippen molar-refractivity contribution in [2.45, 2.75) is 63.4 Å². The molecule has 2 aliphatic rings. The van der Waals surface area contributed by atoms with Crippen LogP contribution in [0.3, 0.4) is 0 Å². The van der Waals surface area contributed by atoms with Crippen LogP contribution in [0, 0.1) is 12.8 Å². The smallest absolute Gasteiger partial charge is 0.255 e. The molecule has 3 aromatic rings. The van der Waals surface area contributed by atoms with Crippen LogP contribution in [0.25, 0.3) is 0 Å². The van der Waals surface area contributed by atoms with Crippen LogP contribution in [0.4, 0.5) is 5.69 Å². The molecule has 3 aromatic carbocycles. The van der Waals surface area contributed by atoms with Crippen LogP contribution in [0.5, 0.6) is 0 Å². The van der Waals surface area contributed by atoms with E-state index in [9.17, 15) is 13.2 Å². The van der Waals surface area contributed by atoms with Crippen LogP contribution in [0.15, 0.2) is 71.6 Å². The molecule has 1 saturated heterocycles. The van der Waals surface area contributed by atoms with Gasteiger partial charge in [0.2, 0.25) is 10.0 Å². The van der Waals surface area contributed by atoms with Crippen molar-refractivity contribution in [2.75, 3.05) is 18.4 Å². The van der Waals surface area contributed by atoms with E-state index in [-0.39, 0.29) is 17.9 Å². The van der Waals surface area contributed by atoms with Crippen molar-refractivity contribution in [3.63, 3.8) is 0 Å². The third kappa shape index (κ3) is 5.85. The number of hydrogen-bond donors (Lipinski definition) is 2. The molecule has 0 bridgehead atoms. The fourth-order valence-electron chi connectivity index (χ4n) is 5.88. The number of piperidine rings is 1. The molecule has 1 heterocycles. The highest BCUT2D eigenvalue weighted by atomic mass is 32.2. The van der Waals surface area contributed by atoms with Crippen molar-refractivity contribution >= 4 is 21.6 Å². The number of nitrogens with zero attached hydrogens (tertiary/aromatic N) is 1. The van der Waals surface area contributed by atoms with Crippen molar-refractivity contribution in [3.8, 4) is 0 Å². The van der Waals surface area contributed by atoms with Crippen LogP contribution >= 0.6 is 0 Å². The van der Waals surface area contributed by atoms with Gasteiger partial charge in [0.1, 0.15) is 0 Å². The number of nitrogens with one attached hydrogen (secondary N) is 2. The van der Waals surface area contributed by atoms with Gasteiger partial charge >= 0.3 is 0 Å². The lowest BCUT2D eigenvalue weighted by Crippen LogP contribution is -2.49.